The Bertz CT molecular complexity index is 290. The van der Waals surface area contributed by atoms with E-state index >= 15 is 0 Å². The van der Waals surface area contributed by atoms with Crippen LogP contribution in [-0.2, 0) is 11.2 Å². The first-order chi connectivity index (χ1) is 5.29. The normalized spacial score (nSPS) is 21.7. The largest absolute Gasteiger partial charge is 0.299 e. The lowest BCUT2D eigenvalue weighted by atomic mass is 10.0. The molecule has 0 saturated carbocycles. The number of nitrogens with zero attached hydrogens (tertiary/aromatic N) is 1. The summed E-state index contributed by atoms with van der Waals surface area (Å²) >= 11 is 0. The van der Waals surface area contributed by atoms with Crippen LogP contribution in [0.1, 0.15) is 30.5 Å². The number of aryl methyl sites for hydroxylation is 1. The fourth-order valence-corrected chi connectivity index (χ4v) is 1.67. The Labute approximate surface area is 64.8 Å². The first kappa shape index (κ1) is 6.58. The van der Waals surface area contributed by atoms with E-state index in [2.05, 4.69) is 10.2 Å². The van der Waals surface area contributed by atoms with E-state index in [1.165, 1.54) is 5.56 Å². The number of nitrogens with one attached hydrogen (secondary N) is 1. The molecule has 1 unspecified atom stereocenters. The van der Waals surface area contributed by atoms with Gasteiger partial charge in [-0.25, -0.2) is 0 Å². The van der Waals surface area contributed by atoms with Crippen LogP contribution in [0, 0.1) is 0 Å². The molecule has 0 amide bonds. The van der Waals surface area contributed by atoms with E-state index in [4.69, 9.17) is 0 Å². The number of fused-ring (bicyclic) bond motifs is 1. The molecule has 3 heteroatoms. The highest BCUT2D eigenvalue weighted by atomic mass is 16.1. The summed E-state index contributed by atoms with van der Waals surface area (Å²) in [5.41, 5.74) is 2.25. The lowest BCUT2D eigenvalue weighted by Gasteiger charge is -2.01. The molecular formula is C8H10N2O. The maximum atomic E-state index is 11.1. The van der Waals surface area contributed by atoms with Crippen molar-refractivity contribution in [2.75, 3.05) is 0 Å². The maximum absolute atomic E-state index is 11.1. The standard InChI is InChI=1S/C8H10N2O/c1-5(11)7-3-2-6-4-9-10-8(6)7/h4,7H,2-3H2,1H3,(H,9,10). The van der Waals surface area contributed by atoms with Gasteiger partial charge in [0.15, 0.2) is 0 Å². The van der Waals surface area contributed by atoms with Crippen LogP contribution >= 0.6 is 0 Å². The molecule has 1 aliphatic rings. The van der Waals surface area contributed by atoms with Crippen LogP contribution in [0.4, 0.5) is 0 Å². The van der Waals surface area contributed by atoms with Crippen molar-refractivity contribution in [3.63, 3.8) is 0 Å². The number of rotatable bonds is 1. The van der Waals surface area contributed by atoms with Gasteiger partial charge in [0.25, 0.3) is 0 Å². The van der Waals surface area contributed by atoms with Gasteiger partial charge in [-0.3, -0.25) is 9.89 Å². The summed E-state index contributed by atoms with van der Waals surface area (Å²) < 4.78 is 0. The topological polar surface area (TPSA) is 45.8 Å². The summed E-state index contributed by atoms with van der Waals surface area (Å²) in [6.45, 7) is 1.64. The van der Waals surface area contributed by atoms with Gasteiger partial charge >= 0.3 is 0 Å². The number of hydrogen-bond acceptors (Lipinski definition) is 2. The van der Waals surface area contributed by atoms with E-state index < -0.39 is 0 Å². The predicted molar refractivity (Wildman–Crippen MR) is 40.3 cm³/mol. The number of carbonyl (C=O) groups excluding carboxylic acids is 1. The van der Waals surface area contributed by atoms with Crippen molar-refractivity contribution in [3.05, 3.63) is 17.5 Å². The SMILES string of the molecule is CC(=O)C1CCc2cn[nH]c21. The fraction of sp³-hybridized carbons (Fsp3) is 0.500. The van der Waals surface area contributed by atoms with E-state index in [1.807, 2.05) is 6.20 Å². The van der Waals surface area contributed by atoms with E-state index in [0.29, 0.717) is 0 Å². The molecule has 0 fully saturated rings. The number of ketones is 1. The maximum Gasteiger partial charge on any atom is 0.138 e. The van der Waals surface area contributed by atoms with Crippen LogP contribution < -0.4 is 0 Å². The summed E-state index contributed by atoms with van der Waals surface area (Å²) in [4.78, 5) is 11.1. The van der Waals surface area contributed by atoms with Crippen molar-refractivity contribution in [3.8, 4) is 0 Å². The second-order valence-electron chi connectivity index (χ2n) is 3.01. The van der Waals surface area contributed by atoms with Crippen molar-refractivity contribution < 1.29 is 4.79 Å². The molecule has 0 spiro atoms. The minimum Gasteiger partial charge on any atom is -0.299 e. The third-order valence-corrected chi connectivity index (χ3v) is 2.29. The molecule has 11 heavy (non-hydrogen) atoms. The molecule has 0 aliphatic heterocycles. The fourth-order valence-electron chi connectivity index (χ4n) is 1.67. The molecule has 1 N–H and O–H groups in total. The minimum atomic E-state index is 0.0903. The lowest BCUT2D eigenvalue weighted by Crippen LogP contribution is -2.05. The Morgan fingerprint density at radius 1 is 1.82 bits per heavy atom. The van der Waals surface area contributed by atoms with Gasteiger partial charge in [-0.15, -0.1) is 0 Å². The number of aromatic nitrogens is 2. The quantitative estimate of drug-likeness (QED) is 0.649. The lowest BCUT2D eigenvalue weighted by molar-refractivity contribution is -0.118. The highest BCUT2D eigenvalue weighted by molar-refractivity contribution is 5.83. The van der Waals surface area contributed by atoms with Crippen LogP contribution in [0.15, 0.2) is 6.20 Å². The van der Waals surface area contributed by atoms with Crippen LogP contribution in [0.25, 0.3) is 0 Å². The van der Waals surface area contributed by atoms with E-state index in [1.54, 1.807) is 6.92 Å². The third-order valence-electron chi connectivity index (χ3n) is 2.29. The average molecular weight is 150 g/mol. The van der Waals surface area contributed by atoms with Gasteiger partial charge in [-0.05, 0) is 25.3 Å². The zero-order valence-electron chi connectivity index (χ0n) is 6.42. The van der Waals surface area contributed by atoms with Gasteiger partial charge in [0.1, 0.15) is 5.78 Å². The van der Waals surface area contributed by atoms with Gasteiger partial charge < -0.3 is 0 Å². The number of H-pyrrole nitrogens is 1. The van der Waals surface area contributed by atoms with E-state index in [9.17, 15) is 4.79 Å². The smallest absolute Gasteiger partial charge is 0.138 e. The van der Waals surface area contributed by atoms with Gasteiger partial charge in [0.05, 0.1) is 12.1 Å². The minimum absolute atomic E-state index is 0.0903. The van der Waals surface area contributed by atoms with Crippen LogP contribution in [-0.4, -0.2) is 16.0 Å². The molecule has 0 radical (unpaired) electrons. The molecule has 1 aromatic rings. The van der Waals surface area contributed by atoms with Gasteiger partial charge in [0.2, 0.25) is 0 Å². The first-order valence-corrected chi connectivity index (χ1v) is 3.81. The van der Waals surface area contributed by atoms with E-state index in [-0.39, 0.29) is 11.7 Å². The molecule has 0 aromatic carbocycles. The van der Waals surface area contributed by atoms with Crippen LogP contribution in [0.2, 0.25) is 0 Å². The summed E-state index contributed by atoms with van der Waals surface area (Å²) in [5, 5.41) is 6.78. The zero-order chi connectivity index (χ0) is 7.84. The van der Waals surface area contributed by atoms with Gasteiger partial charge in [-0.1, -0.05) is 0 Å². The Morgan fingerprint density at radius 3 is 3.36 bits per heavy atom. The van der Waals surface area contributed by atoms with Gasteiger partial charge in [-0.2, -0.15) is 5.10 Å². The molecule has 3 nitrogen and oxygen atoms in total. The summed E-state index contributed by atoms with van der Waals surface area (Å²) in [5.74, 6) is 0.334. The van der Waals surface area contributed by atoms with Crippen molar-refractivity contribution in [2.24, 2.45) is 0 Å². The number of aromatic amines is 1. The molecular weight excluding hydrogens is 140 g/mol. The number of hydrogen-bond donors (Lipinski definition) is 1. The van der Waals surface area contributed by atoms with Gasteiger partial charge in [0, 0.05) is 5.69 Å². The van der Waals surface area contributed by atoms with Crippen LogP contribution in [0.3, 0.4) is 0 Å². The molecule has 1 heterocycles. The van der Waals surface area contributed by atoms with Crippen molar-refractivity contribution in [1.29, 1.82) is 0 Å². The summed E-state index contributed by atoms with van der Waals surface area (Å²) in [6.07, 6.45) is 3.77. The second kappa shape index (κ2) is 2.19. The highest BCUT2D eigenvalue weighted by Gasteiger charge is 2.27. The molecule has 1 aliphatic carbocycles. The monoisotopic (exact) mass is 150 g/mol. The molecule has 58 valence electrons. The first-order valence-electron chi connectivity index (χ1n) is 3.81. The zero-order valence-corrected chi connectivity index (χ0v) is 6.42. The summed E-state index contributed by atoms with van der Waals surface area (Å²) in [6, 6.07) is 0. The predicted octanol–water partition coefficient (Wildman–Crippen LogP) is 1.03. The molecule has 1 aromatic heterocycles. The Balaban J connectivity index is 2.38. The molecule has 0 saturated heterocycles. The van der Waals surface area contributed by atoms with Crippen molar-refractivity contribution in [2.45, 2.75) is 25.7 Å². The Hall–Kier alpha value is -1.12. The number of carbonyl (C=O) groups is 1. The summed E-state index contributed by atoms with van der Waals surface area (Å²) in [7, 11) is 0. The van der Waals surface area contributed by atoms with E-state index in [0.717, 1.165) is 18.5 Å². The highest BCUT2D eigenvalue weighted by Crippen LogP contribution is 2.31. The molecule has 2 rings (SSSR count). The van der Waals surface area contributed by atoms with Crippen LogP contribution in [0.5, 0.6) is 0 Å². The molecule has 0 bridgehead atoms. The van der Waals surface area contributed by atoms with Crippen molar-refractivity contribution in [1.82, 2.24) is 10.2 Å². The van der Waals surface area contributed by atoms with Crippen molar-refractivity contribution >= 4 is 5.78 Å². The molecule has 1 atom stereocenters. The Kier molecular flexibility index (Phi) is 1.31. The number of Topliss-reactive ketones (excluding diaryl/α,β-unsaturated/α-hetero) is 1. The second-order valence-corrected chi connectivity index (χ2v) is 3.01. The third kappa shape index (κ3) is 0.878. The Morgan fingerprint density at radius 2 is 2.64 bits per heavy atom. The average Bonchev–Trinajstić information content (AvgIpc) is 2.41.